The normalized spacial score (nSPS) is 21.9. The highest BCUT2D eigenvalue weighted by molar-refractivity contribution is 5.85. The monoisotopic (exact) mass is 305 g/mol. The molecule has 1 aromatic carbocycles. The highest BCUT2D eigenvalue weighted by Crippen LogP contribution is 2.12. The Morgan fingerprint density at radius 1 is 1.50 bits per heavy atom. The first-order chi connectivity index (χ1) is 10.6. The summed E-state index contributed by atoms with van der Waals surface area (Å²) in [5, 5.41) is 12.7. The van der Waals surface area contributed by atoms with Gasteiger partial charge < -0.3 is 10.4 Å². The van der Waals surface area contributed by atoms with Gasteiger partial charge in [0.05, 0.1) is 30.5 Å². The number of nitrogens with zero attached hydrogens (tertiary/aromatic N) is 2. The molecule has 0 amide bonds. The molecule has 7 heteroatoms. The van der Waals surface area contributed by atoms with Crippen molar-refractivity contribution in [2.75, 3.05) is 6.54 Å². The minimum Gasteiger partial charge on any atom is -0.391 e. The SMILES string of the molecule is O=C(Cn1cnc2cccc(F)c2c1=O)[C@H]1NCCC[C@@H]1O. The van der Waals surface area contributed by atoms with Crippen LogP contribution in [0, 0.1) is 5.82 Å². The van der Waals surface area contributed by atoms with Gasteiger partial charge in [-0.05, 0) is 31.5 Å². The second-order valence-electron chi connectivity index (χ2n) is 5.42. The van der Waals surface area contributed by atoms with E-state index in [1.807, 2.05) is 0 Å². The molecule has 1 saturated heterocycles. The zero-order valence-electron chi connectivity index (χ0n) is 11.8. The van der Waals surface area contributed by atoms with Crippen molar-refractivity contribution in [1.29, 1.82) is 0 Å². The van der Waals surface area contributed by atoms with Gasteiger partial charge in [-0.2, -0.15) is 0 Å². The number of aliphatic hydroxyl groups is 1. The van der Waals surface area contributed by atoms with Crippen LogP contribution >= 0.6 is 0 Å². The second-order valence-corrected chi connectivity index (χ2v) is 5.42. The largest absolute Gasteiger partial charge is 0.391 e. The minimum atomic E-state index is -0.762. The fourth-order valence-electron chi connectivity index (χ4n) is 2.74. The summed E-state index contributed by atoms with van der Waals surface area (Å²) in [6.45, 7) is 0.401. The van der Waals surface area contributed by atoms with Crippen molar-refractivity contribution in [2.24, 2.45) is 0 Å². The maximum Gasteiger partial charge on any atom is 0.264 e. The smallest absolute Gasteiger partial charge is 0.264 e. The number of hydrogen-bond acceptors (Lipinski definition) is 5. The molecule has 1 fully saturated rings. The quantitative estimate of drug-likeness (QED) is 0.847. The molecule has 22 heavy (non-hydrogen) atoms. The number of Topliss-reactive ketones (excluding diaryl/α,β-unsaturated/α-hetero) is 1. The third kappa shape index (κ3) is 2.65. The molecule has 2 heterocycles. The molecule has 0 unspecified atom stereocenters. The van der Waals surface area contributed by atoms with Gasteiger partial charge in [-0.15, -0.1) is 0 Å². The Hall–Kier alpha value is -2.12. The molecule has 0 radical (unpaired) electrons. The first kappa shape index (κ1) is 14.8. The van der Waals surface area contributed by atoms with Crippen LogP contribution in [0.25, 0.3) is 10.9 Å². The lowest BCUT2D eigenvalue weighted by molar-refractivity contribution is -0.125. The van der Waals surface area contributed by atoms with Gasteiger partial charge in [0.1, 0.15) is 11.2 Å². The number of carbonyl (C=O) groups excluding carboxylic acids is 1. The van der Waals surface area contributed by atoms with Crippen molar-refractivity contribution in [3.8, 4) is 0 Å². The number of benzene rings is 1. The standard InChI is InChI=1S/C15H16FN3O3/c16-9-3-1-4-10-13(9)15(22)19(8-18-10)7-12(21)14-11(20)5-2-6-17-14/h1,3-4,8,11,14,17,20H,2,5-7H2/t11-,14-/m0/s1. The van der Waals surface area contributed by atoms with Crippen molar-refractivity contribution in [3.05, 3.63) is 40.7 Å². The number of fused-ring (bicyclic) bond motifs is 1. The fourth-order valence-corrected chi connectivity index (χ4v) is 2.74. The molecular weight excluding hydrogens is 289 g/mol. The molecule has 6 nitrogen and oxygen atoms in total. The van der Waals surface area contributed by atoms with Gasteiger partial charge >= 0.3 is 0 Å². The van der Waals surface area contributed by atoms with Crippen LogP contribution in [0.15, 0.2) is 29.3 Å². The van der Waals surface area contributed by atoms with E-state index in [2.05, 4.69) is 10.3 Å². The summed E-state index contributed by atoms with van der Waals surface area (Å²) in [5.41, 5.74) is -0.341. The van der Waals surface area contributed by atoms with Crippen molar-refractivity contribution in [1.82, 2.24) is 14.9 Å². The Morgan fingerprint density at radius 2 is 2.32 bits per heavy atom. The summed E-state index contributed by atoms with van der Waals surface area (Å²) < 4.78 is 14.9. The highest BCUT2D eigenvalue weighted by atomic mass is 19.1. The molecule has 1 aromatic heterocycles. The number of hydrogen-bond donors (Lipinski definition) is 2. The number of carbonyl (C=O) groups is 1. The second kappa shape index (κ2) is 5.94. The molecular formula is C15H16FN3O3. The lowest BCUT2D eigenvalue weighted by Gasteiger charge is -2.27. The van der Waals surface area contributed by atoms with Gasteiger partial charge in [-0.1, -0.05) is 6.07 Å². The molecule has 2 aromatic rings. The van der Waals surface area contributed by atoms with Crippen LogP contribution in [0.2, 0.25) is 0 Å². The number of piperidine rings is 1. The van der Waals surface area contributed by atoms with Gasteiger partial charge in [0.2, 0.25) is 0 Å². The van der Waals surface area contributed by atoms with Crippen molar-refractivity contribution >= 4 is 16.7 Å². The molecule has 0 aliphatic carbocycles. The molecule has 0 spiro atoms. The highest BCUT2D eigenvalue weighted by Gasteiger charge is 2.29. The Kier molecular flexibility index (Phi) is 4.00. The van der Waals surface area contributed by atoms with Crippen molar-refractivity contribution in [2.45, 2.75) is 31.5 Å². The summed E-state index contributed by atoms with van der Waals surface area (Å²) in [6.07, 6.45) is 1.82. The molecule has 116 valence electrons. The Labute approximate surface area is 125 Å². The van der Waals surface area contributed by atoms with Crippen LogP contribution in [-0.2, 0) is 11.3 Å². The van der Waals surface area contributed by atoms with E-state index in [1.54, 1.807) is 6.07 Å². The van der Waals surface area contributed by atoms with Gasteiger partial charge in [0.15, 0.2) is 5.78 Å². The van der Waals surface area contributed by atoms with Crippen molar-refractivity contribution < 1.29 is 14.3 Å². The molecule has 1 aliphatic heterocycles. The van der Waals surface area contributed by atoms with Crippen LogP contribution < -0.4 is 10.9 Å². The summed E-state index contributed by atoms with van der Waals surface area (Å²) in [4.78, 5) is 28.6. The number of ketones is 1. The average molecular weight is 305 g/mol. The fraction of sp³-hybridized carbons (Fsp3) is 0.400. The lowest BCUT2D eigenvalue weighted by Crippen LogP contribution is -2.51. The molecule has 2 N–H and O–H groups in total. The van der Waals surface area contributed by atoms with E-state index in [-0.39, 0.29) is 23.2 Å². The van der Waals surface area contributed by atoms with Gasteiger partial charge in [-0.3, -0.25) is 14.2 Å². The van der Waals surface area contributed by atoms with E-state index < -0.39 is 23.5 Å². The topological polar surface area (TPSA) is 84.2 Å². The first-order valence-corrected chi connectivity index (χ1v) is 7.16. The zero-order chi connectivity index (χ0) is 15.7. The Balaban J connectivity index is 1.91. The summed E-state index contributed by atoms with van der Waals surface area (Å²) in [6, 6.07) is 3.50. The molecule has 1 aliphatic rings. The van der Waals surface area contributed by atoms with Crippen LogP contribution in [0.1, 0.15) is 12.8 Å². The minimum absolute atomic E-state index is 0.130. The first-order valence-electron chi connectivity index (χ1n) is 7.16. The number of halogens is 1. The number of aliphatic hydroxyl groups excluding tert-OH is 1. The molecule has 3 rings (SSSR count). The predicted octanol–water partition coefficient (Wildman–Crippen LogP) is 0.218. The van der Waals surface area contributed by atoms with E-state index in [0.717, 1.165) is 11.0 Å². The summed E-state index contributed by atoms with van der Waals surface area (Å²) in [7, 11) is 0. The number of aromatic nitrogens is 2. The average Bonchev–Trinajstić information content (AvgIpc) is 2.50. The molecule has 0 saturated carbocycles. The van der Waals surface area contributed by atoms with E-state index in [0.29, 0.717) is 13.0 Å². The Bertz CT molecular complexity index is 774. The van der Waals surface area contributed by atoms with Crippen LogP contribution in [0.3, 0.4) is 0 Å². The predicted molar refractivity (Wildman–Crippen MR) is 78.0 cm³/mol. The zero-order valence-corrected chi connectivity index (χ0v) is 11.8. The number of nitrogens with one attached hydrogen (secondary N) is 1. The summed E-state index contributed by atoms with van der Waals surface area (Å²) in [5.74, 6) is -0.973. The summed E-state index contributed by atoms with van der Waals surface area (Å²) >= 11 is 0. The van der Waals surface area contributed by atoms with Gasteiger partial charge in [-0.25, -0.2) is 9.37 Å². The third-order valence-corrected chi connectivity index (χ3v) is 3.90. The molecule has 2 atom stereocenters. The maximum absolute atomic E-state index is 13.8. The van der Waals surface area contributed by atoms with Crippen LogP contribution in [0.4, 0.5) is 4.39 Å². The van der Waals surface area contributed by atoms with E-state index in [1.165, 1.54) is 18.5 Å². The number of rotatable bonds is 3. The van der Waals surface area contributed by atoms with Crippen molar-refractivity contribution in [3.63, 3.8) is 0 Å². The van der Waals surface area contributed by atoms with E-state index in [9.17, 15) is 19.1 Å². The Morgan fingerprint density at radius 3 is 3.09 bits per heavy atom. The van der Waals surface area contributed by atoms with Gasteiger partial charge in [0.25, 0.3) is 5.56 Å². The maximum atomic E-state index is 13.8. The molecule has 0 bridgehead atoms. The lowest BCUT2D eigenvalue weighted by atomic mass is 9.98. The van der Waals surface area contributed by atoms with Crippen LogP contribution in [0.5, 0.6) is 0 Å². The van der Waals surface area contributed by atoms with Gasteiger partial charge in [0, 0.05) is 0 Å². The van der Waals surface area contributed by atoms with Crippen LogP contribution in [-0.4, -0.2) is 39.1 Å². The van der Waals surface area contributed by atoms with E-state index in [4.69, 9.17) is 0 Å². The van der Waals surface area contributed by atoms with E-state index >= 15 is 0 Å². The third-order valence-electron chi connectivity index (χ3n) is 3.90.